The highest BCUT2D eigenvalue weighted by Crippen LogP contribution is 2.33. The fourth-order valence-electron chi connectivity index (χ4n) is 1.81. The van der Waals surface area contributed by atoms with Crippen molar-refractivity contribution in [3.63, 3.8) is 0 Å². The summed E-state index contributed by atoms with van der Waals surface area (Å²) in [6, 6.07) is -0.558. The number of ether oxygens (including phenoxy) is 1. The van der Waals surface area contributed by atoms with Crippen molar-refractivity contribution >= 4 is 28.2 Å². The second-order valence-corrected chi connectivity index (χ2v) is 5.82. The smallest absolute Gasteiger partial charge is 0.341 e. The Hall–Kier alpha value is -1.40. The van der Waals surface area contributed by atoms with E-state index in [9.17, 15) is 9.59 Å². The van der Waals surface area contributed by atoms with Gasteiger partial charge in [0.15, 0.2) is 0 Å². The van der Waals surface area contributed by atoms with Crippen molar-refractivity contribution in [2.24, 2.45) is 5.73 Å². The summed E-state index contributed by atoms with van der Waals surface area (Å²) in [5.74, 6) is -0.674. The molecule has 0 saturated heterocycles. The molecule has 1 unspecified atom stereocenters. The van der Waals surface area contributed by atoms with Crippen molar-refractivity contribution in [2.75, 3.05) is 11.9 Å². The second-order valence-electron chi connectivity index (χ2n) is 4.59. The molecule has 0 saturated carbocycles. The van der Waals surface area contributed by atoms with Gasteiger partial charge in [-0.2, -0.15) is 0 Å². The Bertz CT molecular complexity index is 497. The molecule has 1 aromatic heterocycles. The molecule has 0 fully saturated rings. The van der Waals surface area contributed by atoms with E-state index in [1.165, 1.54) is 11.3 Å². The number of amides is 1. The van der Waals surface area contributed by atoms with E-state index in [0.717, 1.165) is 16.9 Å². The summed E-state index contributed by atoms with van der Waals surface area (Å²) in [6.45, 7) is 7.78. The first-order valence-corrected chi connectivity index (χ1v) is 7.57. The molecule has 1 atom stereocenters. The Morgan fingerprint density at radius 3 is 2.55 bits per heavy atom. The van der Waals surface area contributed by atoms with Gasteiger partial charge in [-0.3, -0.25) is 4.79 Å². The van der Waals surface area contributed by atoms with Crippen molar-refractivity contribution in [2.45, 2.75) is 46.6 Å². The van der Waals surface area contributed by atoms with Crippen LogP contribution in [0.5, 0.6) is 0 Å². The standard InChI is InChI=1S/C14H22N2O3S/c1-5-7-10(15)12(17)16-13-11(14(18)19-6-2)8(3)9(4)20-13/h10H,5-7,15H2,1-4H3,(H,16,17). The van der Waals surface area contributed by atoms with Crippen LogP contribution in [0.15, 0.2) is 0 Å². The number of carbonyl (C=O) groups excluding carboxylic acids is 2. The molecular weight excluding hydrogens is 276 g/mol. The first-order chi connectivity index (χ1) is 9.42. The maximum atomic E-state index is 12.0. The minimum Gasteiger partial charge on any atom is -0.462 e. The van der Waals surface area contributed by atoms with E-state index >= 15 is 0 Å². The number of anilines is 1. The van der Waals surface area contributed by atoms with Crippen molar-refractivity contribution in [1.82, 2.24) is 0 Å². The zero-order valence-electron chi connectivity index (χ0n) is 12.4. The number of aryl methyl sites for hydroxylation is 1. The maximum absolute atomic E-state index is 12.0. The molecule has 3 N–H and O–H groups in total. The van der Waals surface area contributed by atoms with Gasteiger partial charge in [-0.1, -0.05) is 13.3 Å². The Kier molecular flexibility index (Phi) is 6.16. The quantitative estimate of drug-likeness (QED) is 0.791. The number of hydrogen-bond acceptors (Lipinski definition) is 5. The Morgan fingerprint density at radius 1 is 1.35 bits per heavy atom. The molecule has 0 radical (unpaired) electrons. The summed E-state index contributed by atoms with van der Waals surface area (Å²) in [5.41, 5.74) is 7.06. The molecule has 1 amide bonds. The number of hydrogen-bond donors (Lipinski definition) is 2. The average molecular weight is 298 g/mol. The summed E-state index contributed by atoms with van der Waals surface area (Å²) in [4.78, 5) is 24.9. The van der Waals surface area contributed by atoms with Gasteiger partial charge in [-0.25, -0.2) is 4.79 Å². The van der Waals surface area contributed by atoms with E-state index in [2.05, 4.69) is 5.32 Å². The maximum Gasteiger partial charge on any atom is 0.341 e. The predicted octanol–water partition coefficient (Wildman–Crippen LogP) is 2.61. The van der Waals surface area contributed by atoms with Crippen LogP contribution in [0.2, 0.25) is 0 Å². The van der Waals surface area contributed by atoms with Crippen LogP contribution in [-0.4, -0.2) is 24.5 Å². The summed E-state index contributed by atoms with van der Waals surface area (Å²) >= 11 is 1.37. The van der Waals surface area contributed by atoms with Crippen molar-refractivity contribution in [1.29, 1.82) is 0 Å². The van der Waals surface area contributed by atoms with E-state index in [1.807, 2.05) is 20.8 Å². The van der Waals surface area contributed by atoms with Gasteiger partial charge in [0, 0.05) is 4.88 Å². The molecule has 1 rings (SSSR count). The van der Waals surface area contributed by atoms with Gasteiger partial charge in [0.25, 0.3) is 0 Å². The van der Waals surface area contributed by atoms with Gasteiger partial charge >= 0.3 is 5.97 Å². The summed E-state index contributed by atoms with van der Waals surface area (Å²) < 4.78 is 5.04. The van der Waals surface area contributed by atoms with Gasteiger partial charge in [0.1, 0.15) is 5.00 Å². The van der Waals surface area contributed by atoms with Crippen LogP contribution >= 0.6 is 11.3 Å². The minimum atomic E-state index is -0.558. The van der Waals surface area contributed by atoms with E-state index in [0.29, 0.717) is 23.6 Å². The molecule has 112 valence electrons. The second kappa shape index (κ2) is 7.40. The normalized spacial score (nSPS) is 12.1. The number of nitrogens with one attached hydrogen (secondary N) is 1. The first kappa shape index (κ1) is 16.7. The fraction of sp³-hybridized carbons (Fsp3) is 0.571. The third-order valence-corrected chi connectivity index (χ3v) is 4.16. The Morgan fingerprint density at radius 2 is 2.00 bits per heavy atom. The summed E-state index contributed by atoms with van der Waals surface area (Å²) in [6.07, 6.45) is 1.45. The molecule has 0 bridgehead atoms. The highest BCUT2D eigenvalue weighted by atomic mass is 32.1. The van der Waals surface area contributed by atoms with Crippen LogP contribution in [0.25, 0.3) is 0 Å². The Balaban J connectivity index is 2.98. The lowest BCUT2D eigenvalue weighted by Crippen LogP contribution is -2.35. The minimum absolute atomic E-state index is 0.265. The zero-order valence-corrected chi connectivity index (χ0v) is 13.2. The van der Waals surface area contributed by atoms with Gasteiger partial charge in [-0.05, 0) is 32.8 Å². The number of thiophene rings is 1. The molecule has 1 heterocycles. The molecule has 0 aliphatic heterocycles. The molecule has 1 aromatic rings. The number of nitrogens with two attached hydrogens (primary N) is 1. The van der Waals surface area contributed by atoms with Crippen LogP contribution in [0.1, 0.15) is 47.5 Å². The summed E-state index contributed by atoms with van der Waals surface area (Å²) in [5, 5.41) is 3.27. The lowest BCUT2D eigenvalue weighted by atomic mass is 10.1. The topological polar surface area (TPSA) is 81.4 Å². The molecule has 0 aliphatic rings. The third-order valence-electron chi connectivity index (χ3n) is 3.04. The van der Waals surface area contributed by atoms with Crippen LogP contribution < -0.4 is 11.1 Å². The number of carbonyl (C=O) groups is 2. The van der Waals surface area contributed by atoms with Crippen LogP contribution in [0.3, 0.4) is 0 Å². The van der Waals surface area contributed by atoms with E-state index < -0.39 is 12.0 Å². The average Bonchev–Trinajstić information content (AvgIpc) is 2.65. The lowest BCUT2D eigenvalue weighted by molar-refractivity contribution is -0.117. The molecule has 0 aliphatic carbocycles. The first-order valence-electron chi connectivity index (χ1n) is 6.75. The molecule has 20 heavy (non-hydrogen) atoms. The predicted molar refractivity (Wildman–Crippen MR) is 81.3 cm³/mol. The van der Waals surface area contributed by atoms with Crippen LogP contribution in [-0.2, 0) is 9.53 Å². The van der Waals surface area contributed by atoms with E-state index in [4.69, 9.17) is 10.5 Å². The molecule has 5 nitrogen and oxygen atoms in total. The van der Waals surface area contributed by atoms with Gasteiger partial charge in [-0.15, -0.1) is 11.3 Å². The molecule has 6 heteroatoms. The zero-order chi connectivity index (χ0) is 15.3. The molecule has 0 aromatic carbocycles. The Labute approximate surface area is 123 Å². The monoisotopic (exact) mass is 298 g/mol. The van der Waals surface area contributed by atoms with Crippen molar-refractivity contribution in [3.8, 4) is 0 Å². The number of rotatable bonds is 6. The lowest BCUT2D eigenvalue weighted by Gasteiger charge is -2.11. The van der Waals surface area contributed by atoms with Crippen molar-refractivity contribution in [3.05, 3.63) is 16.0 Å². The third kappa shape index (κ3) is 3.80. The van der Waals surface area contributed by atoms with Crippen LogP contribution in [0, 0.1) is 13.8 Å². The van der Waals surface area contributed by atoms with Gasteiger partial charge < -0.3 is 15.8 Å². The highest BCUT2D eigenvalue weighted by molar-refractivity contribution is 7.16. The molecular formula is C14H22N2O3S. The fourth-order valence-corrected chi connectivity index (χ4v) is 2.86. The molecule has 0 spiro atoms. The largest absolute Gasteiger partial charge is 0.462 e. The van der Waals surface area contributed by atoms with E-state index in [1.54, 1.807) is 6.92 Å². The van der Waals surface area contributed by atoms with Crippen molar-refractivity contribution < 1.29 is 14.3 Å². The number of esters is 1. The van der Waals surface area contributed by atoms with Gasteiger partial charge in [0.2, 0.25) is 5.91 Å². The summed E-state index contributed by atoms with van der Waals surface area (Å²) in [7, 11) is 0. The highest BCUT2D eigenvalue weighted by Gasteiger charge is 2.23. The van der Waals surface area contributed by atoms with Gasteiger partial charge in [0.05, 0.1) is 18.2 Å². The van der Waals surface area contributed by atoms with Crippen LogP contribution in [0.4, 0.5) is 5.00 Å². The SMILES string of the molecule is CCCC(N)C(=O)Nc1sc(C)c(C)c1C(=O)OCC. The van der Waals surface area contributed by atoms with E-state index in [-0.39, 0.29) is 5.91 Å².